The van der Waals surface area contributed by atoms with Crippen molar-refractivity contribution >= 4 is 5.91 Å². The second kappa shape index (κ2) is 6.67. The van der Waals surface area contributed by atoms with E-state index in [1.165, 1.54) is 0 Å². The molecular formula is C24H23NO2. The molecule has 0 bridgehead atoms. The molecular weight excluding hydrogens is 334 g/mol. The molecule has 0 heterocycles. The van der Waals surface area contributed by atoms with Crippen LogP contribution in [0.3, 0.4) is 0 Å². The molecule has 3 heteroatoms. The molecule has 1 amide bonds. The van der Waals surface area contributed by atoms with E-state index in [0.29, 0.717) is 5.56 Å². The van der Waals surface area contributed by atoms with Gasteiger partial charge in [-0.3, -0.25) is 4.79 Å². The lowest BCUT2D eigenvalue weighted by atomic mass is 9.77. The van der Waals surface area contributed by atoms with Gasteiger partial charge in [-0.2, -0.15) is 0 Å². The minimum atomic E-state index is -1.29. The lowest BCUT2D eigenvalue weighted by Gasteiger charge is -2.32. The Labute approximate surface area is 159 Å². The Balaban J connectivity index is 2.04. The molecule has 0 atom stereocenters. The van der Waals surface area contributed by atoms with Gasteiger partial charge in [0.2, 0.25) is 0 Å². The average Bonchev–Trinajstić information content (AvgIpc) is 2.83. The highest BCUT2D eigenvalue weighted by molar-refractivity contribution is 5.94. The summed E-state index contributed by atoms with van der Waals surface area (Å²) < 4.78 is 0. The van der Waals surface area contributed by atoms with E-state index in [9.17, 15) is 9.90 Å². The molecule has 0 aliphatic heterocycles. The van der Waals surface area contributed by atoms with Crippen LogP contribution in [0.1, 0.15) is 43.7 Å². The number of rotatable bonds is 2. The molecule has 4 rings (SSSR count). The van der Waals surface area contributed by atoms with E-state index in [-0.39, 0.29) is 5.91 Å². The van der Waals surface area contributed by atoms with Crippen molar-refractivity contribution < 1.29 is 9.90 Å². The standard InChI is InChI=1S/C24H23NO2/c1-16-13-19(23(26)25-2)15-20(14-16)24(27)21-9-5-3-7-17(21)11-12-18-8-4-6-10-22(18)24/h3-10,13-15,27H,11-12H2,1-2H3,(H,25,26). The fourth-order valence-corrected chi connectivity index (χ4v) is 4.18. The van der Waals surface area contributed by atoms with E-state index in [1.807, 2.05) is 61.5 Å². The molecule has 1 aliphatic rings. The summed E-state index contributed by atoms with van der Waals surface area (Å²) in [5, 5.41) is 14.9. The first-order valence-corrected chi connectivity index (χ1v) is 9.27. The number of fused-ring (bicyclic) bond motifs is 2. The minimum Gasteiger partial charge on any atom is -0.376 e. The summed E-state index contributed by atoms with van der Waals surface area (Å²) in [7, 11) is 1.62. The SMILES string of the molecule is CNC(=O)c1cc(C)cc(C2(O)c3ccccc3CCc3ccccc32)c1. The first kappa shape index (κ1) is 17.5. The van der Waals surface area contributed by atoms with Gasteiger partial charge in [0.05, 0.1) is 0 Å². The number of benzene rings is 3. The van der Waals surface area contributed by atoms with Crippen LogP contribution in [0.2, 0.25) is 0 Å². The summed E-state index contributed by atoms with van der Waals surface area (Å²) in [6, 6.07) is 21.8. The molecule has 3 aromatic rings. The number of hydrogen-bond donors (Lipinski definition) is 2. The van der Waals surface area contributed by atoms with Crippen LogP contribution in [0.15, 0.2) is 66.7 Å². The van der Waals surface area contributed by atoms with Crippen LogP contribution in [0.4, 0.5) is 0 Å². The van der Waals surface area contributed by atoms with Crippen LogP contribution < -0.4 is 5.32 Å². The summed E-state index contributed by atoms with van der Waals surface area (Å²) >= 11 is 0. The second-order valence-corrected chi connectivity index (χ2v) is 7.19. The van der Waals surface area contributed by atoms with E-state index in [4.69, 9.17) is 0 Å². The number of nitrogens with one attached hydrogen (secondary N) is 1. The molecule has 1 aliphatic carbocycles. The maximum Gasteiger partial charge on any atom is 0.251 e. The number of amides is 1. The van der Waals surface area contributed by atoms with E-state index in [2.05, 4.69) is 17.4 Å². The number of carbonyl (C=O) groups is 1. The highest BCUT2D eigenvalue weighted by Crippen LogP contribution is 2.43. The van der Waals surface area contributed by atoms with Gasteiger partial charge < -0.3 is 10.4 Å². The minimum absolute atomic E-state index is 0.154. The van der Waals surface area contributed by atoms with Crippen molar-refractivity contribution in [1.29, 1.82) is 0 Å². The molecule has 0 aromatic heterocycles. The van der Waals surface area contributed by atoms with Crippen LogP contribution in [0, 0.1) is 6.92 Å². The summed E-state index contributed by atoms with van der Waals surface area (Å²) in [5.74, 6) is -0.154. The Morgan fingerprint density at radius 2 is 1.48 bits per heavy atom. The highest BCUT2D eigenvalue weighted by atomic mass is 16.3. The van der Waals surface area contributed by atoms with Gasteiger partial charge in [0.1, 0.15) is 5.60 Å². The van der Waals surface area contributed by atoms with Crippen LogP contribution >= 0.6 is 0 Å². The van der Waals surface area contributed by atoms with Crippen molar-refractivity contribution in [1.82, 2.24) is 5.32 Å². The Morgan fingerprint density at radius 1 is 0.926 bits per heavy atom. The van der Waals surface area contributed by atoms with Crippen LogP contribution in [0.5, 0.6) is 0 Å². The van der Waals surface area contributed by atoms with Crippen molar-refractivity contribution in [3.63, 3.8) is 0 Å². The third-order valence-electron chi connectivity index (χ3n) is 5.46. The number of carbonyl (C=O) groups excluding carboxylic acids is 1. The summed E-state index contributed by atoms with van der Waals surface area (Å²) in [5.41, 5.74) is 4.99. The van der Waals surface area contributed by atoms with E-state index in [1.54, 1.807) is 7.05 Å². The van der Waals surface area contributed by atoms with Gasteiger partial charge in [-0.25, -0.2) is 0 Å². The molecule has 3 aromatic carbocycles. The maximum absolute atomic E-state index is 12.3. The summed E-state index contributed by atoms with van der Waals surface area (Å²) in [4.78, 5) is 12.3. The predicted molar refractivity (Wildman–Crippen MR) is 107 cm³/mol. The molecule has 2 N–H and O–H groups in total. The third kappa shape index (κ3) is 2.84. The molecule has 0 radical (unpaired) electrons. The molecule has 0 spiro atoms. The zero-order chi connectivity index (χ0) is 19.0. The lowest BCUT2D eigenvalue weighted by Crippen LogP contribution is -2.31. The molecule has 0 fully saturated rings. The van der Waals surface area contributed by atoms with Crippen LogP contribution in [-0.2, 0) is 18.4 Å². The Kier molecular flexibility index (Phi) is 4.33. The van der Waals surface area contributed by atoms with Gasteiger partial charge in [0.15, 0.2) is 0 Å². The van der Waals surface area contributed by atoms with E-state index in [0.717, 1.165) is 46.2 Å². The third-order valence-corrected chi connectivity index (χ3v) is 5.46. The lowest BCUT2D eigenvalue weighted by molar-refractivity contribution is 0.0962. The van der Waals surface area contributed by atoms with Gasteiger partial charge in [0.25, 0.3) is 5.91 Å². The van der Waals surface area contributed by atoms with Gasteiger partial charge in [-0.1, -0.05) is 54.6 Å². The molecule has 27 heavy (non-hydrogen) atoms. The zero-order valence-electron chi connectivity index (χ0n) is 15.6. The molecule has 3 nitrogen and oxygen atoms in total. The van der Waals surface area contributed by atoms with Gasteiger partial charge in [-0.05, 0) is 65.3 Å². The molecule has 0 saturated carbocycles. The van der Waals surface area contributed by atoms with E-state index < -0.39 is 5.60 Å². The van der Waals surface area contributed by atoms with E-state index >= 15 is 0 Å². The van der Waals surface area contributed by atoms with Gasteiger partial charge >= 0.3 is 0 Å². The number of aliphatic hydroxyl groups is 1. The first-order valence-electron chi connectivity index (χ1n) is 9.27. The summed E-state index contributed by atoms with van der Waals surface area (Å²) in [6.07, 6.45) is 1.76. The van der Waals surface area contributed by atoms with Crippen molar-refractivity contribution in [3.8, 4) is 0 Å². The van der Waals surface area contributed by atoms with Crippen LogP contribution in [0.25, 0.3) is 0 Å². The number of hydrogen-bond acceptors (Lipinski definition) is 2. The second-order valence-electron chi connectivity index (χ2n) is 7.19. The maximum atomic E-state index is 12.3. The monoisotopic (exact) mass is 357 g/mol. The first-order chi connectivity index (χ1) is 13.0. The average molecular weight is 357 g/mol. The fourth-order valence-electron chi connectivity index (χ4n) is 4.18. The Morgan fingerprint density at radius 3 is 2.04 bits per heavy atom. The topological polar surface area (TPSA) is 49.3 Å². The Hall–Kier alpha value is -2.91. The van der Waals surface area contributed by atoms with Gasteiger partial charge in [-0.15, -0.1) is 0 Å². The van der Waals surface area contributed by atoms with Crippen molar-refractivity contribution in [2.75, 3.05) is 7.05 Å². The predicted octanol–water partition coefficient (Wildman–Crippen LogP) is 3.74. The fraction of sp³-hybridized carbons (Fsp3) is 0.208. The highest BCUT2D eigenvalue weighted by Gasteiger charge is 2.39. The van der Waals surface area contributed by atoms with Crippen molar-refractivity contribution in [2.45, 2.75) is 25.4 Å². The molecule has 136 valence electrons. The molecule has 0 unspecified atom stereocenters. The van der Waals surface area contributed by atoms with Crippen LogP contribution in [-0.4, -0.2) is 18.1 Å². The largest absolute Gasteiger partial charge is 0.376 e. The quantitative estimate of drug-likeness (QED) is 0.734. The summed E-state index contributed by atoms with van der Waals surface area (Å²) in [6.45, 7) is 1.95. The Bertz CT molecular complexity index is 975. The smallest absolute Gasteiger partial charge is 0.251 e. The molecule has 0 saturated heterocycles. The number of aryl methyl sites for hydroxylation is 3. The zero-order valence-corrected chi connectivity index (χ0v) is 15.6. The van der Waals surface area contributed by atoms with Crippen molar-refractivity contribution in [2.24, 2.45) is 0 Å². The van der Waals surface area contributed by atoms with Crippen molar-refractivity contribution in [3.05, 3.63) is 106 Å². The van der Waals surface area contributed by atoms with Gasteiger partial charge in [0, 0.05) is 12.6 Å². The normalized spacial score (nSPS) is 14.6.